The Morgan fingerprint density at radius 1 is 1.35 bits per heavy atom. The Balaban J connectivity index is 2.23. The van der Waals surface area contributed by atoms with E-state index < -0.39 is 5.97 Å². The second-order valence-corrected chi connectivity index (χ2v) is 3.75. The van der Waals surface area contributed by atoms with Gasteiger partial charge in [0.05, 0.1) is 17.8 Å². The lowest BCUT2D eigenvalue weighted by Crippen LogP contribution is -2.36. The Morgan fingerprint density at radius 2 is 2.24 bits per heavy atom. The lowest BCUT2D eigenvalue weighted by molar-refractivity contribution is 0.0697. The first-order chi connectivity index (χ1) is 8.27. The molecule has 2 heterocycles. The summed E-state index contributed by atoms with van der Waals surface area (Å²) in [5, 5.41) is 17.0. The van der Waals surface area contributed by atoms with Crippen LogP contribution in [0.4, 0.5) is 5.69 Å². The van der Waals surface area contributed by atoms with E-state index in [1.165, 1.54) is 0 Å². The third-order valence-corrected chi connectivity index (χ3v) is 2.76. The maximum absolute atomic E-state index is 11.2. The molecule has 0 bridgehead atoms. The van der Waals surface area contributed by atoms with Crippen molar-refractivity contribution in [3.05, 3.63) is 35.4 Å². The number of carboxylic acid groups (broad SMARTS) is 1. The number of carbonyl (C=O) groups is 1. The summed E-state index contributed by atoms with van der Waals surface area (Å²) in [6.07, 6.45) is 5.35. The maximum Gasteiger partial charge on any atom is 0.337 e. The van der Waals surface area contributed by atoms with Gasteiger partial charge in [-0.2, -0.15) is 5.10 Å². The molecule has 0 fully saturated rings. The summed E-state index contributed by atoms with van der Waals surface area (Å²) < 4.78 is 0. The summed E-state index contributed by atoms with van der Waals surface area (Å²) in [6, 6.07) is 5.23. The predicted molar refractivity (Wildman–Crippen MR) is 65.7 cm³/mol. The molecule has 5 heteroatoms. The summed E-state index contributed by atoms with van der Waals surface area (Å²) >= 11 is 0. The van der Waals surface area contributed by atoms with Gasteiger partial charge < -0.3 is 10.0 Å². The minimum Gasteiger partial charge on any atom is -0.478 e. The number of hydrogen-bond donors (Lipinski definition) is 1. The van der Waals surface area contributed by atoms with Crippen LogP contribution < -0.4 is 4.90 Å². The fourth-order valence-electron chi connectivity index (χ4n) is 2.03. The Hall–Kier alpha value is -2.43. The average Bonchev–Trinajstić information content (AvgIpc) is 2.37. The van der Waals surface area contributed by atoms with Crippen molar-refractivity contribution >= 4 is 29.8 Å². The molecule has 84 valence electrons. The van der Waals surface area contributed by atoms with Crippen LogP contribution in [0.25, 0.3) is 6.08 Å². The molecule has 1 aromatic carbocycles. The number of hydrogen-bond acceptors (Lipinski definition) is 4. The molecule has 0 radical (unpaired) electrons. The van der Waals surface area contributed by atoms with Crippen LogP contribution in [-0.2, 0) is 0 Å². The molecule has 0 saturated heterocycles. The van der Waals surface area contributed by atoms with Crippen molar-refractivity contribution in [3.63, 3.8) is 0 Å². The zero-order valence-corrected chi connectivity index (χ0v) is 8.87. The van der Waals surface area contributed by atoms with Crippen LogP contribution >= 0.6 is 0 Å². The van der Waals surface area contributed by atoms with Gasteiger partial charge in [0.2, 0.25) is 0 Å². The molecule has 0 atom stereocenters. The number of carboxylic acids is 1. The second-order valence-electron chi connectivity index (χ2n) is 3.75. The van der Waals surface area contributed by atoms with Crippen LogP contribution in [-0.4, -0.2) is 29.7 Å². The highest BCUT2D eigenvalue weighted by Gasteiger charge is 2.25. The predicted octanol–water partition coefficient (Wildman–Crippen LogP) is 1.62. The first-order valence-corrected chi connectivity index (χ1v) is 5.19. The smallest absolute Gasteiger partial charge is 0.337 e. The van der Waals surface area contributed by atoms with Crippen molar-refractivity contribution in [2.24, 2.45) is 10.2 Å². The van der Waals surface area contributed by atoms with Crippen LogP contribution in [0.3, 0.4) is 0 Å². The summed E-state index contributed by atoms with van der Waals surface area (Å²) in [5.74, 6) is -0.257. The molecule has 3 rings (SSSR count). The van der Waals surface area contributed by atoms with Crippen molar-refractivity contribution in [1.82, 2.24) is 0 Å². The molecule has 0 saturated carbocycles. The lowest BCUT2D eigenvalue weighted by Gasteiger charge is -2.29. The second kappa shape index (κ2) is 3.55. The van der Waals surface area contributed by atoms with Crippen molar-refractivity contribution in [2.45, 2.75) is 0 Å². The Morgan fingerprint density at radius 3 is 3.06 bits per heavy atom. The molecule has 0 amide bonds. The van der Waals surface area contributed by atoms with E-state index in [-0.39, 0.29) is 5.56 Å². The fraction of sp³-hybridized carbons (Fsp3) is 0.0833. The molecule has 2 aliphatic heterocycles. The highest BCUT2D eigenvalue weighted by atomic mass is 16.4. The fourth-order valence-corrected chi connectivity index (χ4v) is 2.03. The van der Waals surface area contributed by atoms with Crippen LogP contribution in [0.1, 0.15) is 15.9 Å². The van der Waals surface area contributed by atoms with Gasteiger partial charge in [-0.3, -0.25) is 0 Å². The quantitative estimate of drug-likeness (QED) is 0.792. The number of amidine groups is 1. The number of nitrogens with zero attached hydrogens (tertiary/aromatic N) is 3. The zero-order chi connectivity index (χ0) is 11.8. The molecular formula is C12H9N3O2. The van der Waals surface area contributed by atoms with Gasteiger partial charge in [-0.25, -0.2) is 4.79 Å². The number of aromatic carboxylic acids is 1. The lowest BCUT2D eigenvalue weighted by atomic mass is 10.0. The van der Waals surface area contributed by atoms with Crippen LogP contribution in [0.5, 0.6) is 0 Å². The zero-order valence-electron chi connectivity index (χ0n) is 8.87. The molecule has 0 unspecified atom stereocenters. The van der Waals surface area contributed by atoms with Gasteiger partial charge in [0.25, 0.3) is 0 Å². The van der Waals surface area contributed by atoms with Gasteiger partial charge in [0.1, 0.15) is 0 Å². The van der Waals surface area contributed by atoms with E-state index in [2.05, 4.69) is 10.2 Å². The maximum atomic E-state index is 11.2. The van der Waals surface area contributed by atoms with Gasteiger partial charge in [-0.15, -0.1) is 5.10 Å². The monoisotopic (exact) mass is 227 g/mol. The van der Waals surface area contributed by atoms with Gasteiger partial charge in [-0.05, 0) is 23.8 Å². The highest BCUT2D eigenvalue weighted by Crippen LogP contribution is 2.31. The number of rotatable bonds is 1. The van der Waals surface area contributed by atoms with E-state index in [0.717, 1.165) is 5.56 Å². The van der Waals surface area contributed by atoms with E-state index in [9.17, 15) is 9.90 Å². The minimum absolute atomic E-state index is 0.287. The van der Waals surface area contributed by atoms with E-state index >= 15 is 0 Å². The number of fused-ring (bicyclic) bond motifs is 3. The largest absolute Gasteiger partial charge is 0.478 e. The molecule has 0 aliphatic carbocycles. The number of para-hydroxylation sites is 1. The van der Waals surface area contributed by atoms with E-state index in [1.54, 1.807) is 18.3 Å². The first kappa shape index (κ1) is 9.77. The van der Waals surface area contributed by atoms with Gasteiger partial charge >= 0.3 is 5.97 Å². The molecule has 5 nitrogen and oxygen atoms in total. The van der Waals surface area contributed by atoms with E-state index in [0.29, 0.717) is 18.1 Å². The standard InChI is InChI=1S/C12H9N3O2/c16-12(17)9-3-1-2-8-4-5-10-14-13-6-7-15(10)11(8)9/h1-6H,7H2,(H,16,17). The first-order valence-electron chi connectivity index (χ1n) is 5.19. The molecule has 0 spiro atoms. The Labute approximate surface area is 97.4 Å². The Bertz CT molecular complexity index is 587. The molecule has 1 aromatic rings. The van der Waals surface area contributed by atoms with E-state index in [1.807, 2.05) is 23.1 Å². The number of benzene rings is 1. The number of anilines is 1. The minimum atomic E-state index is -0.931. The summed E-state index contributed by atoms with van der Waals surface area (Å²) in [6.45, 7) is 0.542. The molecule has 1 N–H and O–H groups in total. The van der Waals surface area contributed by atoms with Crippen molar-refractivity contribution in [2.75, 3.05) is 11.4 Å². The van der Waals surface area contributed by atoms with Crippen LogP contribution in [0, 0.1) is 0 Å². The molecule has 2 aliphatic rings. The van der Waals surface area contributed by atoms with Gasteiger partial charge in [0.15, 0.2) is 5.84 Å². The third-order valence-electron chi connectivity index (χ3n) is 2.76. The van der Waals surface area contributed by atoms with Gasteiger partial charge in [0, 0.05) is 6.21 Å². The van der Waals surface area contributed by atoms with Crippen molar-refractivity contribution in [3.8, 4) is 0 Å². The Kier molecular flexibility index (Phi) is 2.04. The summed E-state index contributed by atoms with van der Waals surface area (Å²) in [5.41, 5.74) is 1.86. The third kappa shape index (κ3) is 1.44. The highest BCUT2D eigenvalue weighted by molar-refractivity contribution is 6.17. The van der Waals surface area contributed by atoms with E-state index in [4.69, 9.17) is 0 Å². The molecular weight excluding hydrogens is 218 g/mol. The van der Waals surface area contributed by atoms with Crippen molar-refractivity contribution < 1.29 is 9.90 Å². The SMILES string of the molecule is O=C(O)c1cccc2c1N1CC=NN=C1C=C2. The van der Waals surface area contributed by atoms with Crippen LogP contribution in [0.2, 0.25) is 0 Å². The van der Waals surface area contributed by atoms with Gasteiger partial charge in [-0.1, -0.05) is 12.1 Å². The topological polar surface area (TPSA) is 65.3 Å². The average molecular weight is 227 g/mol. The normalized spacial score (nSPS) is 16.2. The van der Waals surface area contributed by atoms with Crippen LogP contribution in [0.15, 0.2) is 34.5 Å². The molecule has 0 aromatic heterocycles. The van der Waals surface area contributed by atoms with Crippen molar-refractivity contribution in [1.29, 1.82) is 0 Å². The summed E-state index contributed by atoms with van der Waals surface area (Å²) in [4.78, 5) is 13.1. The summed E-state index contributed by atoms with van der Waals surface area (Å²) in [7, 11) is 0. The molecule has 17 heavy (non-hydrogen) atoms.